The molecule has 92 valence electrons. The van der Waals surface area contributed by atoms with Crippen LogP contribution in [0.25, 0.3) is 10.9 Å². The van der Waals surface area contributed by atoms with E-state index < -0.39 is 0 Å². The van der Waals surface area contributed by atoms with Crippen LogP contribution in [0.5, 0.6) is 5.75 Å². The van der Waals surface area contributed by atoms with Gasteiger partial charge in [-0.1, -0.05) is 0 Å². The smallest absolute Gasteiger partial charge is 0.120 e. The van der Waals surface area contributed by atoms with E-state index in [0.717, 1.165) is 5.75 Å². The van der Waals surface area contributed by atoms with Crippen LogP contribution >= 0.6 is 0 Å². The highest BCUT2D eigenvalue weighted by Gasteiger charge is 2.11. The fourth-order valence-corrected chi connectivity index (χ4v) is 2.31. The lowest BCUT2D eigenvalue weighted by Gasteiger charge is -2.04. The fraction of sp³-hybridized carbons (Fsp3) is 0.429. The second-order valence-corrected chi connectivity index (χ2v) is 4.21. The van der Waals surface area contributed by atoms with E-state index in [4.69, 9.17) is 9.84 Å². The molecule has 0 atom stereocenters. The predicted molar refractivity (Wildman–Crippen MR) is 69.6 cm³/mol. The number of ether oxygens (including phenoxy) is 1. The Morgan fingerprint density at radius 3 is 2.76 bits per heavy atom. The number of aliphatic hydroxyl groups excluding tert-OH is 1. The Morgan fingerprint density at radius 1 is 1.35 bits per heavy atom. The van der Waals surface area contributed by atoms with Crippen molar-refractivity contribution in [2.75, 3.05) is 13.2 Å². The molecule has 17 heavy (non-hydrogen) atoms. The van der Waals surface area contributed by atoms with Gasteiger partial charge in [-0.05, 0) is 44.0 Å². The number of hydrogen-bond donors (Lipinski definition) is 1. The normalized spacial score (nSPS) is 11.1. The van der Waals surface area contributed by atoms with Gasteiger partial charge >= 0.3 is 0 Å². The molecule has 1 heterocycles. The van der Waals surface area contributed by atoms with Crippen LogP contribution in [-0.2, 0) is 13.5 Å². The van der Waals surface area contributed by atoms with E-state index in [2.05, 4.69) is 30.7 Å². The van der Waals surface area contributed by atoms with Gasteiger partial charge in [-0.2, -0.15) is 0 Å². The van der Waals surface area contributed by atoms with Gasteiger partial charge in [0.05, 0.1) is 6.61 Å². The second kappa shape index (κ2) is 4.80. The quantitative estimate of drug-likeness (QED) is 0.880. The molecule has 0 amide bonds. The number of benzene rings is 1. The molecule has 2 aromatic rings. The molecule has 0 fully saturated rings. The lowest BCUT2D eigenvalue weighted by atomic mass is 10.1. The van der Waals surface area contributed by atoms with Crippen molar-refractivity contribution >= 4 is 10.9 Å². The average Bonchev–Trinajstić information content (AvgIpc) is 2.55. The van der Waals surface area contributed by atoms with Crippen LogP contribution in [0.4, 0.5) is 0 Å². The van der Waals surface area contributed by atoms with Gasteiger partial charge in [-0.3, -0.25) is 0 Å². The molecule has 0 aliphatic heterocycles. The zero-order valence-electron chi connectivity index (χ0n) is 10.7. The Balaban J connectivity index is 2.61. The highest BCUT2D eigenvalue weighted by molar-refractivity contribution is 5.86. The van der Waals surface area contributed by atoms with E-state index in [9.17, 15) is 0 Å². The van der Waals surface area contributed by atoms with Gasteiger partial charge in [0.1, 0.15) is 5.75 Å². The van der Waals surface area contributed by atoms with E-state index in [1.54, 1.807) is 0 Å². The molecule has 1 aromatic heterocycles. The Kier molecular flexibility index (Phi) is 3.38. The molecule has 0 saturated heterocycles. The number of hydrogen-bond acceptors (Lipinski definition) is 2. The lowest BCUT2D eigenvalue weighted by molar-refractivity contribution is 0.299. The number of fused-ring (bicyclic) bond motifs is 1. The van der Waals surface area contributed by atoms with Crippen molar-refractivity contribution in [2.24, 2.45) is 7.05 Å². The van der Waals surface area contributed by atoms with Crippen LogP contribution in [0, 0.1) is 6.92 Å². The highest BCUT2D eigenvalue weighted by atomic mass is 16.5. The lowest BCUT2D eigenvalue weighted by Crippen LogP contribution is -1.95. The molecule has 1 aromatic carbocycles. The summed E-state index contributed by atoms with van der Waals surface area (Å²) in [4.78, 5) is 0. The number of nitrogens with zero attached hydrogens (tertiary/aromatic N) is 1. The Hall–Kier alpha value is -1.48. The van der Waals surface area contributed by atoms with Crippen LogP contribution in [0.3, 0.4) is 0 Å². The van der Waals surface area contributed by atoms with Crippen LogP contribution in [0.2, 0.25) is 0 Å². The molecule has 0 aliphatic rings. The maximum absolute atomic E-state index is 9.15. The molecule has 0 saturated carbocycles. The van der Waals surface area contributed by atoms with E-state index in [0.29, 0.717) is 13.0 Å². The molecule has 0 unspecified atom stereocenters. The summed E-state index contributed by atoms with van der Waals surface area (Å²) < 4.78 is 7.69. The van der Waals surface area contributed by atoms with Crippen molar-refractivity contribution < 1.29 is 9.84 Å². The molecule has 0 aliphatic carbocycles. The van der Waals surface area contributed by atoms with Gasteiger partial charge in [0.2, 0.25) is 0 Å². The van der Waals surface area contributed by atoms with E-state index in [1.807, 2.05) is 13.0 Å². The molecule has 2 rings (SSSR count). The first-order valence-electron chi connectivity index (χ1n) is 6.00. The first kappa shape index (κ1) is 12.0. The van der Waals surface area contributed by atoms with E-state index in [1.165, 1.54) is 22.2 Å². The van der Waals surface area contributed by atoms with Gasteiger partial charge in [0, 0.05) is 30.3 Å². The summed E-state index contributed by atoms with van der Waals surface area (Å²) in [5.41, 5.74) is 3.61. The van der Waals surface area contributed by atoms with Crippen molar-refractivity contribution in [3.8, 4) is 5.75 Å². The molecule has 0 radical (unpaired) electrons. The zero-order chi connectivity index (χ0) is 12.4. The van der Waals surface area contributed by atoms with Crippen molar-refractivity contribution in [2.45, 2.75) is 20.3 Å². The molecule has 3 heteroatoms. The molecule has 1 N–H and O–H groups in total. The number of aliphatic hydroxyl groups is 1. The van der Waals surface area contributed by atoms with Gasteiger partial charge < -0.3 is 14.4 Å². The topological polar surface area (TPSA) is 34.4 Å². The summed E-state index contributed by atoms with van der Waals surface area (Å²) >= 11 is 0. The van der Waals surface area contributed by atoms with Crippen molar-refractivity contribution in [3.63, 3.8) is 0 Å². The summed E-state index contributed by atoms with van der Waals surface area (Å²) in [6.45, 7) is 4.92. The Morgan fingerprint density at radius 2 is 2.12 bits per heavy atom. The molecule has 0 bridgehead atoms. The Bertz CT molecular complexity index is 528. The maximum atomic E-state index is 9.15. The standard InChI is InChI=1S/C14H19NO2/c1-4-17-11-5-6-14-13(9-11)12(7-8-16)10(2)15(14)3/h5-6,9,16H,4,7-8H2,1-3H3. The van der Waals surface area contributed by atoms with Gasteiger partial charge in [0.15, 0.2) is 0 Å². The van der Waals surface area contributed by atoms with Crippen LogP contribution in [0.15, 0.2) is 18.2 Å². The molecular weight excluding hydrogens is 214 g/mol. The minimum Gasteiger partial charge on any atom is -0.494 e. The average molecular weight is 233 g/mol. The van der Waals surface area contributed by atoms with Gasteiger partial charge in [0.25, 0.3) is 0 Å². The van der Waals surface area contributed by atoms with Crippen LogP contribution in [-0.4, -0.2) is 22.9 Å². The van der Waals surface area contributed by atoms with Crippen LogP contribution in [0.1, 0.15) is 18.2 Å². The first-order chi connectivity index (χ1) is 8.19. The molecular formula is C14H19NO2. The third-order valence-corrected chi connectivity index (χ3v) is 3.27. The summed E-state index contributed by atoms with van der Waals surface area (Å²) in [7, 11) is 2.05. The summed E-state index contributed by atoms with van der Waals surface area (Å²) in [5.74, 6) is 0.893. The minimum absolute atomic E-state index is 0.179. The maximum Gasteiger partial charge on any atom is 0.120 e. The summed E-state index contributed by atoms with van der Waals surface area (Å²) in [6.07, 6.45) is 0.693. The number of rotatable bonds is 4. The summed E-state index contributed by atoms with van der Waals surface area (Å²) in [6, 6.07) is 6.14. The third-order valence-electron chi connectivity index (χ3n) is 3.27. The largest absolute Gasteiger partial charge is 0.494 e. The second-order valence-electron chi connectivity index (χ2n) is 4.21. The SMILES string of the molecule is CCOc1ccc2c(c1)c(CCO)c(C)n2C. The minimum atomic E-state index is 0.179. The van der Waals surface area contributed by atoms with Crippen LogP contribution < -0.4 is 4.74 Å². The number of aromatic nitrogens is 1. The van der Waals surface area contributed by atoms with Crippen molar-refractivity contribution in [3.05, 3.63) is 29.5 Å². The predicted octanol–water partition coefficient (Wildman–Crippen LogP) is 2.42. The van der Waals surface area contributed by atoms with E-state index >= 15 is 0 Å². The highest BCUT2D eigenvalue weighted by Crippen LogP contribution is 2.28. The zero-order valence-corrected chi connectivity index (χ0v) is 10.7. The van der Waals surface area contributed by atoms with Crippen molar-refractivity contribution in [1.82, 2.24) is 4.57 Å². The third kappa shape index (κ3) is 2.03. The van der Waals surface area contributed by atoms with Crippen molar-refractivity contribution in [1.29, 1.82) is 0 Å². The van der Waals surface area contributed by atoms with E-state index in [-0.39, 0.29) is 6.61 Å². The number of aryl methyl sites for hydroxylation is 1. The molecule has 0 spiro atoms. The molecule has 3 nitrogen and oxygen atoms in total. The fourth-order valence-electron chi connectivity index (χ4n) is 2.31. The monoisotopic (exact) mass is 233 g/mol. The Labute approximate surface area is 102 Å². The van der Waals surface area contributed by atoms with Gasteiger partial charge in [-0.25, -0.2) is 0 Å². The van der Waals surface area contributed by atoms with Gasteiger partial charge in [-0.15, -0.1) is 0 Å². The first-order valence-corrected chi connectivity index (χ1v) is 6.00. The summed E-state index contributed by atoms with van der Waals surface area (Å²) in [5, 5.41) is 10.3.